The quantitative estimate of drug-likeness (QED) is 0.683. The number of hydrogen-bond acceptors (Lipinski definition) is 2. The molecule has 1 heterocycles. The Morgan fingerprint density at radius 2 is 1.80 bits per heavy atom. The van der Waals surface area contributed by atoms with Gasteiger partial charge in [-0.25, -0.2) is 0 Å². The Bertz CT molecular complexity index is 838. The van der Waals surface area contributed by atoms with E-state index in [1.807, 2.05) is 72.5 Å². The van der Waals surface area contributed by atoms with E-state index < -0.39 is 0 Å². The summed E-state index contributed by atoms with van der Waals surface area (Å²) in [6, 6.07) is 15.5. The molecule has 3 aromatic rings. The highest BCUT2D eigenvalue weighted by Crippen LogP contribution is 2.21. The molecule has 0 bridgehead atoms. The van der Waals surface area contributed by atoms with Gasteiger partial charge >= 0.3 is 0 Å². The molecule has 1 aromatic heterocycles. The number of amides is 1. The van der Waals surface area contributed by atoms with Crippen molar-refractivity contribution >= 4 is 23.2 Å². The van der Waals surface area contributed by atoms with E-state index in [0.29, 0.717) is 13.0 Å². The lowest BCUT2D eigenvalue weighted by molar-refractivity contribution is -0.116. The van der Waals surface area contributed by atoms with Crippen molar-refractivity contribution in [3.8, 4) is 11.1 Å². The third-order valence-electron chi connectivity index (χ3n) is 3.94. The van der Waals surface area contributed by atoms with Crippen molar-refractivity contribution in [2.75, 3.05) is 5.32 Å². The molecular formula is C20H20ClN3O. The van der Waals surface area contributed by atoms with Crippen molar-refractivity contribution in [1.29, 1.82) is 0 Å². The smallest absolute Gasteiger partial charge is 0.224 e. The van der Waals surface area contributed by atoms with Gasteiger partial charge in [0.2, 0.25) is 5.91 Å². The van der Waals surface area contributed by atoms with E-state index in [1.54, 1.807) is 0 Å². The topological polar surface area (TPSA) is 46.9 Å². The number of carbonyl (C=O) groups is 1. The van der Waals surface area contributed by atoms with Crippen LogP contribution in [-0.2, 0) is 11.3 Å². The third-order valence-corrected chi connectivity index (χ3v) is 4.19. The van der Waals surface area contributed by atoms with Gasteiger partial charge in [-0.2, -0.15) is 5.10 Å². The molecule has 4 nitrogen and oxygen atoms in total. The van der Waals surface area contributed by atoms with Gasteiger partial charge in [-0.1, -0.05) is 41.4 Å². The highest BCUT2D eigenvalue weighted by Gasteiger charge is 2.05. The predicted molar refractivity (Wildman–Crippen MR) is 102 cm³/mol. The zero-order chi connectivity index (χ0) is 17.6. The fourth-order valence-electron chi connectivity index (χ4n) is 2.54. The summed E-state index contributed by atoms with van der Waals surface area (Å²) in [5, 5.41) is 7.99. The molecule has 1 N–H and O–H groups in total. The second-order valence-corrected chi connectivity index (χ2v) is 6.45. The fraction of sp³-hybridized carbons (Fsp3) is 0.200. The number of benzene rings is 2. The summed E-state index contributed by atoms with van der Waals surface area (Å²) in [7, 11) is 0. The van der Waals surface area contributed by atoms with Gasteiger partial charge in [-0.3, -0.25) is 9.48 Å². The minimum Gasteiger partial charge on any atom is -0.326 e. The summed E-state index contributed by atoms with van der Waals surface area (Å²) in [5.74, 6) is 0.0222. The van der Waals surface area contributed by atoms with Crippen LogP contribution in [0, 0.1) is 6.92 Å². The second-order valence-electron chi connectivity index (χ2n) is 6.02. The Labute approximate surface area is 152 Å². The van der Waals surface area contributed by atoms with Crippen molar-refractivity contribution in [3.63, 3.8) is 0 Å². The van der Waals surface area contributed by atoms with Gasteiger partial charge in [0, 0.05) is 35.4 Å². The predicted octanol–water partition coefficient (Wildman–Crippen LogP) is 4.93. The Morgan fingerprint density at radius 3 is 2.52 bits per heavy atom. The number of hydrogen-bond donors (Lipinski definition) is 1. The highest BCUT2D eigenvalue weighted by molar-refractivity contribution is 6.30. The van der Waals surface area contributed by atoms with E-state index in [0.717, 1.165) is 28.3 Å². The first-order valence-electron chi connectivity index (χ1n) is 8.25. The van der Waals surface area contributed by atoms with Crippen LogP contribution in [0.3, 0.4) is 0 Å². The van der Waals surface area contributed by atoms with E-state index in [2.05, 4.69) is 10.4 Å². The maximum absolute atomic E-state index is 12.0. The van der Waals surface area contributed by atoms with Gasteiger partial charge in [0.15, 0.2) is 0 Å². The maximum Gasteiger partial charge on any atom is 0.224 e. The number of aromatic nitrogens is 2. The molecular weight excluding hydrogens is 334 g/mol. The molecule has 0 spiro atoms. The van der Waals surface area contributed by atoms with Gasteiger partial charge < -0.3 is 5.32 Å². The number of nitrogens with one attached hydrogen (secondary N) is 1. The number of anilines is 1. The van der Waals surface area contributed by atoms with Crippen LogP contribution >= 0.6 is 11.6 Å². The second kappa shape index (κ2) is 7.99. The number of halogens is 1. The molecule has 1 amide bonds. The molecule has 0 aliphatic heterocycles. The van der Waals surface area contributed by atoms with Crippen LogP contribution in [0.2, 0.25) is 5.02 Å². The van der Waals surface area contributed by atoms with Gasteiger partial charge in [0.25, 0.3) is 0 Å². The first-order valence-corrected chi connectivity index (χ1v) is 8.63. The molecule has 128 valence electrons. The lowest BCUT2D eigenvalue weighted by atomic mass is 10.1. The van der Waals surface area contributed by atoms with Crippen LogP contribution in [0.25, 0.3) is 11.1 Å². The molecule has 0 aliphatic rings. The number of nitrogens with zero attached hydrogens (tertiary/aromatic N) is 2. The zero-order valence-corrected chi connectivity index (χ0v) is 14.8. The first kappa shape index (κ1) is 17.2. The van der Waals surface area contributed by atoms with Crippen molar-refractivity contribution in [2.24, 2.45) is 0 Å². The SMILES string of the molecule is Cc1ccc(NC(=O)CCCn2cc(-c3ccc(Cl)cc3)cn2)cc1. The molecule has 0 radical (unpaired) electrons. The normalized spacial score (nSPS) is 10.6. The average Bonchev–Trinajstić information content (AvgIpc) is 3.06. The number of carbonyl (C=O) groups excluding carboxylic acids is 1. The summed E-state index contributed by atoms with van der Waals surface area (Å²) in [6.45, 7) is 2.73. The minimum absolute atomic E-state index is 0.0222. The molecule has 0 unspecified atom stereocenters. The van der Waals surface area contributed by atoms with E-state index >= 15 is 0 Å². The Hall–Kier alpha value is -2.59. The van der Waals surface area contributed by atoms with E-state index in [1.165, 1.54) is 5.56 Å². The van der Waals surface area contributed by atoms with Crippen LogP contribution in [0.5, 0.6) is 0 Å². The monoisotopic (exact) mass is 353 g/mol. The average molecular weight is 354 g/mol. The Balaban J connectivity index is 1.48. The molecule has 0 saturated heterocycles. The Morgan fingerprint density at radius 1 is 1.08 bits per heavy atom. The molecule has 2 aromatic carbocycles. The zero-order valence-electron chi connectivity index (χ0n) is 14.1. The van der Waals surface area contributed by atoms with Gasteiger partial charge in [-0.15, -0.1) is 0 Å². The fourth-order valence-corrected chi connectivity index (χ4v) is 2.67. The summed E-state index contributed by atoms with van der Waals surface area (Å²) in [5.41, 5.74) is 4.13. The van der Waals surface area contributed by atoms with Crippen LogP contribution in [0.4, 0.5) is 5.69 Å². The lowest BCUT2D eigenvalue weighted by Gasteiger charge is -2.05. The first-order chi connectivity index (χ1) is 12.1. The molecule has 0 atom stereocenters. The van der Waals surface area contributed by atoms with Crippen molar-refractivity contribution in [3.05, 3.63) is 71.5 Å². The molecule has 3 rings (SSSR count). The van der Waals surface area contributed by atoms with Crippen LogP contribution in [0.15, 0.2) is 60.9 Å². The highest BCUT2D eigenvalue weighted by atomic mass is 35.5. The minimum atomic E-state index is 0.0222. The van der Waals surface area contributed by atoms with E-state index in [-0.39, 0.29) is 5.91 Å². The van der Waals surface area contributed by atoms with Crippen molar-refractivity contribution in [1.82, 2.24) is 9.78 Å². The maximum atomic E-state index is 12.0. The Kier molecular flexibility index (Phi) is 5.51. The van der Waals surface area contributed by atoms with E-state index in [4.69, 9.17) is 11.6 Å². The number of aryl methyl sites for hydroxylation is 2. The summed E-state index contributed by atoms with van der Waals surface area (Å²) in [6.07, 6.45) is 5.01. The van der Waals surface area contributed by atoms with Crippen molar-refractivity contribution in [2.45, 2.75) is 26.3 Å². The largest absolute Gasteiger partial charge is 0.326 e. The summed E-state index contributed by atoms with van der Waals surface area (Å²) < 4.78 is 1.86. The molecule has 0 aliphatic carbocycles. The molecule has 0 fully saturated rings. The summed E-state index contributed by atoms with van der Waals surface area (Å²) >= 11 is 5.91. The third kappa shape index (κ3) is 4.94. The van der Waals surface area contributed by atoms with Crippen LogP contribution in [0.1, 0.15) is 18.4 Å². The van der Waals surface area contributed by atoms with Crippen LogP contribution < -0.4 is 5.32 Å². The van der Waals surface area contributed by atoms with E-state index in [9.17, 15) is 4.79 Å². The number of rotatable bonds is 6. The van der Waals surface area contributed by atoms with Crippen molar-refractivity contribution < 1.29 is 4.79 Å². The standard InChI is InChI=1S/C20H20ClN3O/c1-15-4-10-19(11-5-15)23-20(25)3-2-12-24-14-17(13-22-24)16-6-8-18(21)9-7-16/h4-11,13-14H,2-3,12H2,1H3,(H,23,25). The lowest BCUT2D eigenvalue weighted by Crippen LogP contribution is -2.12. The summed E-state index contributed by atoms with van der Waals surface area (Å²) in [4.78, 5) is 12.0. The van der Waals surface area contributed by atoms with Gasteiger partial charge in [-0.05, 0) is 43.2 Å². The molecule has 5 heteroatoms. The van der Waals surface area contributed by atoms with Gasteiger partial charge in [0.1, 0.15) is 0 Å². The van der Waals surface area contributed by atoms with Crippen LogP contribution in [-0.4, -0.2) is 15.7 Å². The van der Waals surface area contributed by atoms with Gasteiger partial charge in [0.05, 0.1) is 6.20 Å². The molecule has 25 heavy (non-hydrogen) atoms. The molecule has 0 saturated carbocycles.